The van der Waals surface area contributed by atoms with Gasteiger partial charge in [0.25, 0.3) is 5.91 Å². The highest BCUT2D eigenvalue weighted by molar-refractivity contribution is 6.02. The molecule has 2 aliphatic rings. The van der Waals surface area contributed by atoms with Gasteiger partial charge in [0.1, 0.15) is 5.69 Å². The normalized spacial score (nSPS) is 24.2. The number of nitrogens with one attached hydrogen (secondary N) is 2. The maximum Gasteiger partial charge on any atom is 0.271 e. The molecule has 2 atom stereocenters. The van der Waals surface area contributed by atoms with Crippen molar-refractivity contribution in [3.05, 3.63) is 34.5 Å². The Kier molecular flexibility index (Phi) is 3.05. The zero-order valence-electron chi connectivity index (χ0n) is 13.5. The van der Waals surface area contributed by atoms with Crippen molar-refractivity contribution in [1.29, 1.82) is 0 Å². The van der Waals surface area contributed by atoms with Crippen molar-refractivity contribution in [2.24, 2.45) is 0 Å². The highest BCUT2D eigenvalue weighted by Crippen LogP contribution is 2.31. The van der Waals surface area contributed by atoms with Crippen LogP contribution in [0, 0.1) is 20.8 Å². The molecule has 2 N–H and O–H groups in total. The SMILES string of the molecule is Cc1cc(C)c2[nH]c(C(=O)N3[C@@H]4CC[C@H]3CNC4)c(C)c2c1. The number of H-pyrrole nitrogens is 1. The topological polar surface area (TPSA) is 48.1 Å². The second-order valence-electron chi connectivity index (χ2n) is 6.89. The van der Waals surface area contributed by atoms with E-state index in [-0.39, 0.29) is 5.91 Å². The lowest BCUT2D eigenvalue weighted by molar-refractivity contribution is 0.0613. The van der Waals surface area contributed by atoms with Crippen LogP contribution in [-0.4, -0.2) is 41.0 Å². The summed E-state index contributed by atoms with van der Waals surface area (Å²) in [6, 6.07) is 5.07. The molecular formula is C18H23N3O. The molecule has 2 aromatic rings. The van der Waals surface area contributed by atoms with Gasteiger partial charge >= 0.3 is 0 Å². The first-order chi connectivity index (χ1) is 10.6. The lowest BCUT2D eigenvalue weighted by Crippen LogP contribution is -2.54. The van der Waals surface area contributed by atoms with E-state index >= 15 is 0 Å². The van der Waals surface area contributed by atoms with Crippen molar-refractivity contribution in [1.82, 2.24) is 15.2 Å². The van der Waals surface area contributed by atoms with Gasteiger partial charge in [0.05, 0.1) is 0 Å². The zero-order chi connectivity index (χ0) is 15.4. The van der Waals surface area contributed by atoms with Gasteiger partial charge in [-0.2, -0.15) is 0 Å². The first-order valence-corrected chi connectivity index (χ1v) is 8.19. The Bertz CT molecular complexity index is 745. The molecule has 0 aliphatic carbocycles. The van der Waals surface area contributed by atoms with E-state index in [1.165, 1.54) is 16.5 Å². The van der Waals surface area contributed by atoms with Gasteiger partial charge in [0.2, 0.25) is 0 Å². The standard InChI is InChI=1S/C18H23N3O/c1-10-6-11(2)16-15(7-10)12(3)17(20-16)18(22)21-13-4-5-14(21)9-19-8-13/h6-7,13-14,19-20H,4-5,8-9H2,1-3H3/t13-,14+. The number of carbonyl (C=O) groups is 1. The van der Waals surface area contributed by atoms with Gasteiger partial charge in [0, 0.05) is 36.1 Å². The fourth-order valence-corrected chi connectivity index (χ4v) is 4.24. The van der Waals surface area contributed by atoms with Gasteiger partial charge < -0.3 is 15.2 Å². The molecular weight excluding hydrogens is 274 g/mol. The molecule has 1 amide bonds. The number of benzene rings is 1. The van der Waals surface area contributed by atoms with Gasteiger partial charge in [-0.1, -0.05) is 11.6 Å². The molecule has 0 spiro atoms. The molecule has 0 unspecified atom stereocenters. The summed E-state index contributed by atoms with van der Waals surface area (Å²) in [7, 11) is 0. The van der Waals surface area contributed by atoms with Crippen LogP contribution >= 0.6 is 0 Å². The van der Waals surface area contributed by atoms with Crippen LogP contribution in [0.5, 0.6) is 0 Å². The number of rotatable bonds is 1. The van der Waals surface area contributed by atoms with Gasteiger partial charge in [-0.05, 0) is 50.8 Å². The fourth-order valence-electron chi connectivity index (χ4n) is 4.24. The number of carbonyl (C=O) groups excluding carboxylic acids is 1. The highest BCUT2D eigenvalue weighted by atomic mass is 16.2. The van der Waals surface area contributed by atoms with E-state index < -0.39 is 0 Å². The predicted octanol–water partition coefficient (Wildman–Crippen LogP) is 2.67. The van der Waals surface area contributed by atoms with Crippen molar-refractivity contribution in [2.45, 2.75) is 45.7 Å². The third kappa shape index (κ3) is 1.90. The van der Waals surface area contributed by atoms with Gasteiger partial charge in [-0.3, -0.25) is 4.79 Å². The van der Waals surface area contributed by atoms with Crippen LogP contribution in [0.15, 0.2) is 12.1 Å². The number of fused-ring (bicyclic) bond motifs is 3. The Morgan fingerprint density at radius 2 is 1.82 bits per heavy atom. The second-order valence-corrected chi connectivity index (χ2v) is 6.89. The first-order valence-electron chi connectivity index (χ1n) is 8.19. The second kappa shape index (κ2) is 4.85. The van der Waals surface area contributed by atoms with Crippen molar-refractivity contribution >= 4 is 16.8 Å². The molecule has 116 valence electrons. The average molecular weight is 297 g/mol. The summed E-state index contributed by atoms with van der Waals surface area (Å²) in [5.74, 6) is 0.180. The Morgan fingerprint density at radius 3 is 2.50 bits per heavy atom. The van der Waals surface area contributed by atoms with E-state index in [9.17, 15) is 4.79 Å². The molecule has 4 nitrogen and oxygen atoms in total. The molecule has 2 fully saturated rings. The average Bonchev–Trinajstić information content (AvgIpc) is 2.93. The molecule has 1 aromatic heterocycles. The molecule has 3 heterocycles. The minimum Gasteiger partial charge on any atom is -0.350 e. The molecule has 22 heavy (non-hydrogen) atoms. The molecule has 1 aromatic carbocycles. The smallest absolute Gasteiger partial charge is 0.271 e. The summed E-state index contributed by atoms with van der Waals surface area (Å²) in [5, 5.41) is 4.62. The van der Waals surface area contributed by atoms with Crippen molar-refractivity contribution in [2.75, 3.05) is 13.1 Å². The van der Waals surface area contributed by atoms with E-state index in [1.807, 2.05) is 0 Å². The van der Waals surface area contributed by atoms with Gasteiger partial charge in [-0.25, -0.2) is 0 Å². The van der Waals surface area contributed by atoms with Crippen LogP contribution in [0.1, 0.15) is 40.0 Å². The Hall–Kier alpha value is -1.81. The Balaban J connectivity index is 1.79. The van der Waals surface area contributed by atoms with Crippen LogP contribution in [0.3, 0.4) is 0 Å². The number of piperazine rings is 1. The Morgan fingerprint density at radius 1 is 1.14 bits per heavy atom. The third-order valence-corrected chi connectivity index (χ3v) is 5.34. The molecule has 0 saturated carbocycles. The maximum absolute atomic E-state index is 13.1. The number of hydrogen-bond donors (Lipinski definition) is 2. The van der Waals surface area contributed by atoms with Crippen LogP contribution < -0.4 is 5.32 Å². The first kappa shape index (κ1) is 13.8. The number of aryl methyl sites for hydroxylation is 3. The van der Waals surface area contributed by atoms with Gasteiger partial charge in [-0.15, -0.1) is 0 Å². The van der Waals surface area contributed by atoms with E-state index in [0.717, 1.165) is 42.7 Å². The van der Waals surface area contributed by atoms with E-state index in [4.69, 9.17) is 0 Å². The predicted molar refractivity (Wildman–Crippen MR) is 88.4 cm³/mol. The molecule has 2 bridgehead atoms. The van der Waals surface area contributed by atoms with E-state index in [2.05, 4.69) is 48.1 Å². The van der Waals surface area contributed by atoms with Crippen LogP contribution in [-0.2, 0) is 0 Å². The van der Waals surface area contributed by atoms with Gasteiger partial charge in [0.15, 0.2) is 0 Å². The summed E-state index contributed by atoms with van der Waals surface area (Å²) in [6.07, 6.45) is 2.25. The number of aromatic nitrogens is 1. The van der Waals surface area contributed by atoms with Crippen LogP contribution in [0.4, 0.5) is 0 Å². The lowest BCUT2D eigenvalue weighted by Gasteiger charge is -2.35. The number of amides is 1. The van der Waals surface area contributed by atoms with E-state index in [0.29, 0.717) is 12.1 Å². The molecule has 2 saturated heterocycles. The summed E-state index contributed by atoms with van der Waals surface area (Å²) in [6.45, 7) is 8.14. The number of hydrogen-bond acceptors (Lipinski definition) is 2. The number of aromatic amines is 1. The largest absolute Gasteiger partial charge is 0.350 e. The quantitative estimate of drug-likeness (QED) is 0.850. The van der Waals surface area contributed by atoms with Crippen molar-refractivity contribution < 1.29 is 4.79 Å². The Labute approximate surface area is 130 Å². The molecule has 2 aliphatic heterocycles. The molecule has 4 heteroatoms. The minimum absolute atomic E-state index is 0.180. The summed E-state index contributed by atoms with van der Waals surface area (Å²) < 4.78 is 0. The highest BCUT2D eigenvalue weighted by Gasteiger charge is 2.40. The van der Waals surface area contributed by atoms with Crippen molar-refractivity contribution in [3.63, 3.8) is 0 Å². The molecule has 4 rings (SSSR count). The zero-order valence-corrected chi connectivity index (χ0v) is 13.5. The maximum atomic E-state index is 13.1. The van der Waals surface area contributed by atoms with Crippen LogP contribution in [0.25, 0.3) is 10.9 Å². The summed E-state index contributed by atoms with van der Waals surface area (Å²) in [5.41, 5.74) is 5.43. The summed E-state index contributed by atoms with van der Waals surface area (Å²) >= 11 is 0. The number of nitrogens with zero attached hydrogens (tertiary/aromatic N) is 1. The molecule has 0 radical (unpaired) electrons. The minimum atomic E-state index is 0.180. The fraction of sp³-hybridized carbons (Fsp3) is 0.500. The van der Waals surface area contributed by atoms with Crippen molar-refractivity contribution in [3.8, 4) is 0 Å². The third-order valence-electron chi connectivity index (χ3n) is 5.34. The monoisotopic (exact) mass is 297 g/mol. The van der Waals surface area contributed by atoms with E-state index in [1.54, 1.807) is 0 Å². The summed E-state index contributed by atoms with van der Waals surface area (Å²) in [4.78, 5) is 18.6. The lowest BCUT2D eigenvalue weighted by atomic mass is 10.1. The van der Waals surface area contributed by atoms with Crippen LogP contribution in [0.2, 0.25) is 0 Å².